The monoisotopic (exact) mass is 375 g/mol. The first-order valence-corrected chi connectivity index (χ1v) is 8.12. The number of hydrogen-bond acceptors (Lipinski definition) is 4. The lowest BCUT2D eigenvalue weighted by Crippen LogP contribution is -2.42. The van der Waals surface area contributed by atoms with Crippen molar-refractivity contribution in [2.75, 3.05) is 0 Å². The lowest BCUT2D eigenvalue weighted by atomic mass is 10.4. The molecule has 0 spiro atoms. The Kier molecular flexibility index (Phi) is 4.21. The molecule has 2 rings (SSSR count). The first kappa shape index (κ1) is 15.7. The number of amides is 1. The van der Waals surface area contributed by atoms with E-state index >= 15 is 0 Å². The molecule has 10 heteroatoms. The average molecular weight is 376 g/mol. The van der Waals surface area contributed by atoms with Crippen LogP contribution in [0.15, 0.2) is 28.0 Å². The molecule has 0 fully saturated rings. The number of aromatic nitrogens is 3. The van der Waals surface area contributed by atoms with Gasteiger partial charge in [0.2, 0.25) is 0 Å². The first-order chi connectivity index (χ1) is 9.72. The molecule has 0 atom stereocenters. The minimum absolute atomic E-state index is 0.00383. The molecule has 2 aromatic heterocycles. The number of hydrogen-bond donors (Lipinski definition) is 2. The molecule has 0 aliphatic heterocycles. The highest BCUT2D eigenvalue weighted by atomic mass is 79.9. The highest BCUT2D eigenvalue weighted by molar-refractivity contribution is 9.10. The maximum absolute atomic E-state index is 12.2. The van der Waals surface area contributed by atoms with Gasteiger partial charge in [0.25, 0.3) is 15.9 Å². The van der Waals surface area contributed by atoms with E-state index in [9.17, 15) is 13.2 Å². The Hall–Kier alpha value is -1.65. The number of halogens is 1. The molecular weight excluding hydrogens is 362 g/mol. The second-order valence-electron chi connectivity index (χ2n) is 4.47. The van der Waals surface area contributed by atoms with Crippen molar-refractivity contribution in [2.45, 2.75) is 11.9 Å². The van der Waals surface area contributed by atoms with E-state index < -0.39 is 15.9 Å². The van der Waals surface area contributed by atoms with Gasteiger partial charge in [-0.25, -0.2) is 8.42 Å². The summed E-state index contributed by atoms with van der Waals surface area (Å²) in [6, 6.07) is 1.58. The number of nitrogens with zero attached hydrogens (tertiary/aromatic N) is 3. The zero-order valence-corrected chi connectivity index (χ0v) is 14.0. The fourth-order valence-corrected chi connectivity index (χ4v) is 3.62. The molecule has 0 aliphatic rings. The Morgan fingerprint density at radius 2 is 2.05 bits per heavy atom. The van der Waals surface area contributed by atoms with Crippen LogP contribution < -0.4 is 10.3 Å². The molecule has 8 nitrogen and oxygen atoms in total. The van der Waals surface area contributed by atoms with Crippen LogP contribution in [0.1, 0.15) is 16.1 Å². The van der Waals surface area contributed by atoms with Crippen LogP contribution in [0.5, 0.6) is 0 Å². The van der Waals surface area contributed by atoms with Crippen molar-refractivity contribution in [3.05, 3.63) is 34.2 Å². The summed E-state index contributed by atoms with van der Waals surface area (Å²) in [5.41, 5.74) is 2.97. The quantitative estimate of drug-likeness (QED) is 0.758. The molecule has 2 heterocycles. The zero-order chi connectivity index (χ0) is 15.8. The fourth-order valence-electron chi connectivity index (χ4n) is 1.90. The largest absolute Gasteiger partial charge is 0.345 e. The van der Waals surface area contributed by atoms with E-state index in [0.717, 1.165) is 4.47 Å². The predicted octanol–water partition coefficient (Wildman–Crippen LogP) is 0.453. The Labute approximate surface area is 130 Å². The summed E-state index contributed by atoms with van der Waals surface area (Å²) < 4.78 is 27.8. The summed E-state index contributed by atoms with van der Waals surface area (Å²) in [6.45, 7) is 1.62. The maximum Gasteiger partial charge on any atom is 0.282 e. The Morgan fingerprint density at radius 3 is 2.52 bits per heavy atom. The lowest BCUT2D eigenvalue weighted by molar-refractivity contribution is 0.0937. The second-order valence-corrected chi connectivity index (χ2v) is 6.98. The Morgan fingerprint density at radius 1 is 1.38 bits per heavy atom. The fraction of sp³-hybridized carbons (Fsp3) is 0.273. The van der Waals surface area contributed by atoms with E-state index in [0.29, 0.717) is 11.3 Å². The highest BCUT2D eigenvalue weighted by Gasteiger charge is 2.22. The second kappa shape index (κ2) is 5.62. The van der Waals surface area contributed by atoms with Gasteiger partial charge in [-0.1, -0.05) is 0 Å². The summed E-state index contributed by atoms with van der Waals surface area (Å²) in [5.74, 6) is -0.563. The molecule has 0 unspecified atom stereocenters. The molecule has 114 valence electrons. The van der Waals surface area contributed by atoms with E-state index in [1.54, 1.807) is 30.8 Å². The predicted molar refractivity (Wildman–Crippen MR) is 78.8 cm³/mol. The van der Waals surface area contributed by atoms with Crippen molar-refractivity contribution in [1.29, 1.82) is 0 Å². The van der Waals surface area contributed by atoms with Gasteiger partial charge in [-0.05, 0) is 28.9 Å². The Bertz CT molecular complexity index is 773. The van der Waals surface area contributed by atoms with Crippen LogP contribution in [0, 0.1) is 6.92 Å². The van der Waals surface area contributed by atoms with Gasteiger partial charge in [-0.2, -0.15) is 5.10 Å². The number of nitrogens with one attached hydrogen (secondary N) is 2. The van der Waals surface area contributed by atoms with Crippen molar-refractivity contribution in [2.24, 2.45) is 14.1 Å². The molecule has 2 aromatic rings. The van der Waals surface area contributed by atoms with Crippen molar-refractivity contribution < 1.29 is 13.2 Å². The van der Waals surface area contributed by atoms with E-state index in [2.05, 4.69) is 31.3 Å². The number of carbonyl (C=O) groups is 1. The van der Waals surface area contributed by atoms with Gasteiger partial charge >= 0.3 is 0 Å². The van der Waals surface area contributed by atoms with Crippen LogP contribution in [0.25, 0.3) is 0 Å². The summed E-state index contributed by atoms with van der Waals surface area (Å²) in [5, 5.41) is 3.86. The van der Waals surface area contributed by atoms with Crippen LogP contribution in [-0.4, -0.2) is 28.7 Å². The van der Waals surface area contributed by atoms with Gasteiger partial charge in [0.05, 0.1) is 6.20 Å². The molecule has 0 bridgehead atoms. The number of carbonyl (C=O) groups excluding carboxylic acids is 1. The topological polar surface area (TPSA) is 98.0 Å². The number of rotatable bonds is 4. The highest BCUT2D eigenvalue weighted by Crippen LogP contribution is 2.14. The van der Waals surface area contributed by atoms with Crippen LogP contribution in [0.4, 0.5) is 0 Å². The SMILES string of the molecule is Cc1cnn(C)c1S(=O)(=O)NNC(=O)c1cc(Br)cn1C. The number of hydrazine groups is 1. The molecule has 0 aliphatic carbocycles. The number of sulfonamides is 1. The minimum atomic E-state index is -3.89. The van der Waals surface area contributed by atoms with Crippen LogP contribution in [-0.2, 0) is 24.1 Å². The molecular formula is C11H14BrN5O3S. The molecule has 0 radical (unpaired) electrons. The smallest absolute Gasteiger partial charge is 0.282 e. The van der Waals surface area contributed by atoms with Crippen molar-refractivity contribution in [3.8, 4) is 0 Å². The molecule has 2 N–H and O–H groups in total. The summed E-state index contributed by atoms with van der Waals surface area (Å²) >= 11 is 3.24. The summed E-state index contributed by atoms with van der Waals surface area (Å²) in [6.07, 6.45) is 3.12. The van der Waals surface area contributed by atoms with Crippen LogP contribution in [0.2, 0.25) is 0 Å². The zero-order valence-electron chi connectivity index (χ0n) is 11.6. The van der Waals surface area contributed by atoms with Gasteiger partial charge in [-0.15, -0.1) is 4.83 Å². The third-order valence-electron chi connectivity index (χ3n) is 2.81. The minimum Gasteiger partial charge on any atom is -0.345 e. The third kappa shape index (κ3) is 3.17. The van der Waals surface area contributed by atoms with Crippen molar-refractivity contribution >= 4 is 31.9 Å². The van der Waals surface area contributed by atoms with Gasteiger partial charge in [-0.3, -0.25) is 14.9 Å². The van der Waals surface area contributed by atoms with Gasteiger partial charge < -0.3 is 4.57 Å². The van der Waals surface area contributed by atoms with Crippen molar-refractivity contribution in [3.63, 3.8) is 0 Å². The molecule has 21 heavy (non-hydrogen) atoms. The normalized spacial score (nSPS) is 11.6. The summed E-state index contributed by atoms with van der Waals surface area (Å²) in [7, 11) is -0.698. The molecule has 0 saturated heterocycles. The van der Waals surface area contributed by atoms with E-state index in [4.69, 9.17) is 0 Å². The molecule has 0 saturated carbocycles. The van der Waals surface area contributed by atoms with Gasteiger partial charge in [0.15, 0.2) is 5.03 Å². The molecule has 1 amide bonds. The van der Waals surface area contributed by atoms with Crippen molar-refractivity contribution in [1.82, 2.24) is 24.6 Å². The Balaban J connectivity index is 2.16. The third-order valence-corrected chi connectivity index (χ3v) is 4.71. The summed E-state index contributed by atoms with van der Waals surface area (Å²) in [4.78, 5) is 14.0. The van der Waals surface area contributed by atoms with E-state index in [1.165, 1.54) is 17.9 Å². The van der Waals surface area contributed by atoms with E-state index in [-0.39, 0.29) is 5.03 Å². The standard InChI is InChI=1S/C11H14BrN5O3S/c1-7-5-13-17(3)11(7)21(19,20)15-14-10(18)9-4-8(12)6-16(9)2/h4-6,15H,1-3H3,(H,14,18). The molecule has 0 aromatic carbocycles. The van der Waals surface area contributed by atoms with Gasteiger partial charge in [0.1, 0.15) is 5.69 Å². The van der Waals surface area contributed by atoms with Gasteiger partial charge in [0, 0.05) is 30.3 Å². The maximum atomic E-state index is 12.2. The first-order valence-electron chi connectivity index (χ1n) is 5.85. The van der Waals surface area contributed by atoms with Crippen LogP contribution >= 0.6 is 15.9 Å². The van der Waals surface area contributed by atoms with E-state index in [1.807, 2.05) is 0 Å². The van der Waals surface area contributed by atoms with Crippen LogP contribution in [0.3, 0.4) is 0 Å². The lowest BCUT2D eigenvalue weighted by Gasteiger charge is -2.09. The average Bonchev–Trinajstić information content (AvgIpc) is 2.89. The number of aryl methyl sites for hydroxylation is 3.